The van der Waals surface area contributed by atoms with Crippen LogP contribution in [0.5, 0.6) is 0 Å². The van der Waals surface area contributed by atoms with Crippen LogP contribution in [0.1, 0.15) is 10.5 Å². The molecule has 0 aliphatic heterocycles. The van der Waals surface area contributed by atoms with E-state index in [0.29, 0.717) is 0 Å². The maximum atomic E-state index is 11.0. The van der Waals surface area contributed by atoms with Crippen molar-refractivity contribution < 1.29 is 4.79 Å². The van der Waals surface area contributed by atoms with Gasteiger partial charge in [-0.15, -0.1) is 5.11 Å². The Morgan fingerprint density at radius 3 is 2.78 bits per heavy atom. The summed E-state index contributed by atoms with van der Waals surface area (Å²) in [5.41, 5.74) is 6.16. The van der Waals surface area contributed by atoms with Gasteiger partial charge in [-0.1, -0.05) is 23.4 Å². The molecule has 92 valence electrons. The lowest BCUT2D eigenvalue weighted by molar-refractivity contribution is 0.0996. The first-order chi connectivity index (χ1) is 8.68. The molecule has 1 amide bonds. The number of nitrogens with zero attached hydrogens (tertiary/aromatic N) is 4. The van der Waals surface area contributed by atoms with E-state index in [2.05, 4.69) is 20.3 Å². The van der Waals surface area contributed by atoms with Crippen LogP contribution in [0.2, 0.25) is 0 Å². The van der Waals surface area contributed by atoms with Crippen LogP contribution < -0.4 is 10.7 Å². The van der Waals surface area contributed by atoms with Gasteiger partial charge in [0.05, 0.1) is 12.0 Å². The molecule has 1 aromatic heterocycles. The number of aromatic nitrogens is 2. The van der Waals surface area contributed by atoms with Crippen LogP contribution in [-0.2, 0) is 0 Å². The van der Waals surface area contributed by atoms with Crippen molar-refractivity contribution in [2.75, 3.05) is 12.1 Å². The van der Waals surface area contributed by atoms with Crippen LogP contribution >= 0.6 is 0 Å². The zero-order valence-electron chi connectivity index (χ0n) is 9.74. The smallest absolute Gasteiger partial charge is 0.269 e. The zero-order valence-corrected chi connectivity index (χ0v) is 9.74. The first-order valence-corrected chi connectivity index (χ1v) is 5.22. The van der Waals surface area contributed by atoms with Crippen LogP contribution in [0.15, 0.2) is 47.0 Å². The van der Waals surface area contributed by atoms with Crippen LogP contribution in [0, 0.1) is 0 Å². The predicted molar refractivity (Wildman–Crippen MR) is 66.5 cm³/mol. The van der Waals surface area contributed by atoms with Crippen LogP contribution in [0.4, 0.5) is 11.5 Å². The van der Waals surface area contributed by atoms with E-state index in [1.54, 1.807) is 12.1 Å². The van der Waals surface area contributed by atoms with Gasteiger partial charge >= 0.3 is 0 Å². The molecule has 0 aliphatic rings. The Kier molecular flexibility index (Phi) is 3.33. The Bertz CT molecular complexity index is 562. The number of nitrogens with one attached hydrogen (secondary N) is 1. The van der Waals surface area contributed by atoms with Gasteiger partial charge in [0.25, 0.3) is 5.91 Å². The molecule has 7 heteroatoms. The summed E-state index contributed by atoms with van der Waals surface area (Å²) < 4.78 is 0. The maximum Gasteiger partial charge on any atom is 0.269 e. The number of carbonyl (C=O) groups excluding carboxylic acids is 1. The predicted octanol–water partition coefficient (Wildman–Crippen LogP) is 1.64. The molecule has 7 nitrogen and oxygen atoms in total. The second-order valence-electron chi connectivity index (χ2n) is 3.51. The number of anilines is 1. The largest absolute Gasteiger partial charge is 0.364 e. The number of hydrogen-bond donors (Lipinski definition) is 2. The number of imidazole rings is 1. The maximum absolute atomic E-state index is 11.0. The number of primary amides is 1. The second-order valence-corrected chi connectivity index (χ2v) is 3.51. The molecule has 0 saturated heterocycles. The zero-order chi connectivity index (χ0) is 13.0. The fourth-order valence-electron chi connectivity index (χ4n) is 1.35. The highest BCUT2D eigenvalue weighted by Gasteiger charge is 2.10. The highest BCUT2D eigenvalue weighted by molar-refractivity contribution is 5.94. The third kappa shape index (κ3) is 2.51. The number of para-hydroxylation sites is 1. The molecule has 0 bridgehead atoms. The second kappa shape index (κ2) is 5.09. The lowest BCUT2D eigenvalue weighted by Gasteiger charge is -2.09. The van der Waals surface area contributed by atoms with Gasteiger partial charge in [0.2, 0.25) is 5.82 Å². The number of nitrogens with two attached hydrogens (primary N) is 1. The summed E-state index contributed by atoms with van der Waals surface area (Å²) in [6, 6.07) is 9.47. The molecule has 0 fully saturated rings. The van der Waals surface area contributed by atoms with Gasteiger partial charge in [-0.05, 0) is 12.1 Å². The topological polar surface area (TPSA) is 99.7 Å². The fraction of sp³-hybridized carbons (Fsp3) is 0.0909. The van der Waals surface area contributed by atoms with Gasteiger partial charge in [0.15, 0.2) is 5.69 Å². The molecule has 0 aliphatic carbocycles. The first-order valence-electron chi connectivity index (χ1n) is 5.22. The van der Waals surface area contributed by atoms with Crippen molar-refractivity contribution in [1.82, 2.24) is 9.97 Å². The van der Waals surface area contributed by atoms with Crippen molar-refractivity contribution in [1.29, 1.82) is 0 Å². The molecule has 3 N–H and O–H groups in total. The van der Waals surface area contributed by atoms with E-state index in [1.165, 1.54) is 6.33 Å². The summed E-state index contributed by atoms with van der Waals surface area (Å²) in [5.74, 6) is -0.450. The van der Waals surface area contributed by atoms with E-state index in [0.717, 1.165) is 5.69 Å². The minimum Gasteiger partial charge on any atom is -0.364 e. The molecular formula is C11H12N6O. The van der Waals surface area contributed by atoms with Gasteiger partial charge < -0.3 is 10.7 Å². The Balaban J connectivity index is 2.16. The van der Waals surface area contributed by atoms with Crippen molar-refractivity contribution in [2.45, 2.75) is 0 Å². The van der Waals surface area contributed by atoms with Crippen LogP contribution in [0.25, 0.3) is 0 Å². The average molecular weight is 244 g/mol. The highest BCUT2D eigenvalue weighted by Crippen LogP contribution is 2.16. The third-order valence-electron chi connectivity index (χ3n) is 2.27. The molecule has 2 aromatic rings. The third-order valence-corrected chi connectivity index (χ3v) is 2.27. The summed E-state index contributed by atoms with van der Waals surface area (Å²) in [6.45, 7) is 0. The minimum atomic E-state index is -0.621. The Hall–Kier alpha value is -2.70. The van der Waals surface area contributed by atoms with Crippen LogP contribution in [-0.4, -0.2) is 22.9 Å². The van der Waals surface area contributed by atoms with E-state index in [1.807, 2.05) is 30.3 Å². The Labute approximate surface area is 103 Å². The summed E-state index contributed by atoms with van der Waals surface area (Å²) in [5, 5.41) is 9.39. The SMILES string of the molecule is CN(N=Nc1nc[nH]c1C(N)=O)c1ccccc1. The quantitative estimate of drug-likeness (QED) is 0.631. The Morgan fingerprint density at radius 2 is 2.11 bits per heavy atom. The molecular weight excluding hydrogens is 232 g/mol. The van der Waals surface area contributed by atoms with Gasteiger partial charge in [0.1, 0.15) is 0 Å². The van der Waals surface area contributed by atoms with Gasteiger partial charge in [-0.25, -0.2) is 9.99 Å². The van der Waals surface area contributed by atoms with Crippen molar-refractivity contribution in [3.63, 3.8) is 0 Å². The number of carbonyl (C=O) groups is 1. The number of H-pyrrole nitrogens is 1. The summed E-state index contributed by atoms with van der Waals surface area (Å²) in [4.78, 5) is 17.5. The first kappa shape index (κ1) is 11.8. The van der Waals surface area contributed by atoms with Crippen molar-refractivity contribution in [3.8, 4) is 0 Å². The lowest BCUT2D eigenvalue weighted by atomic mass is 10.3. The molecule has 1 aromatic carbocycles. The van der Waals surface area contributed by atoms with E-state index in [9.17, 15) is 4.79 Å². The molecule has 0 saturated carbocycles. The number of rotatable bonds is 4. The number of amides is 1. The summed E-state index contributed by atoms with van der Waals surface area (Å²) in [6.07, 6.45) is 1.34. The highest BCUT2D eigenvalue weighted by atomic mass is 16.1. The summed E-state index contributed by atoms with van der Waals surface area (Å²) >= 11 is 0. The fourth-order valence-corrected chi connectivity index (χ4v) is 1.35. The van der Waals surface area contributed by atoms with E-state index in [4.69, 9.17) is 5.73 Å². The molecule has 1 heterocycles. The van der Waals surface area contributed by atoms with E-state index >= 15 is 0 Å². The van der Waals surface area contributed by atoms with Gasteiger partial charge in [-0.2, -0.15) is 0 Å². The standard InChI is InChI=1S/C11H12N6O/c1-17(8-5-3-2-4-6-8)16-15-11-9(10(12)18)13-7-14-11/h2-7H,1H3,(H2,12,18)(H,13,14). The van der Waals surface area contributed by atoms with Crippen molar-refractivity contribution >= 4 is 17.4 Å². The van der Waals surface area contributed by atoms with Gasteiger partial charge in [-0.3, -0.25) is 4.79 Å². The van der Waals surface area contributed by atoms with E-state index in [-0.39, 0.29) is 11.5 Å². The minimum absolute atomic E-state index is 0.139. The molecule has 0 spiro atoms. The van der Waals surface area contributed by atoms with E-state index < -0.39 is 5.91 Å². The summed E-state index contributed by atoms with van der Waals surface area (Å²) in [7, 11) is 1.75. The molecule has 18 heavy (non-hydrogen) atoms. The molecule has 0 unspecified atom stereocenters. The number of benzene rings is 1. The molecule has 0 radical (unpaired) electrons. The van der Waals surface area contributed by atoms with Crippen molar-refractivity contribution in [3.05, 3.63) is 42.4 Å². The Morgan fingerprint density at radius 1 is 1.39 bits per heavy atom. The average Bonchev–Trinajstić information content (AvgIpc) is 2.85. The van der Waals surface area contributed by atoms with Crippen LogP contribution in [0.3, 0.4) is 0 Å². The number of hydrogen-bond acceptors (Lipinski definition) is 4. The normalized spacial score (nSPS) is 10.7. The molecule has 0 atom stereocenters. The molecule has 2 rings (SSSR count). The monoisotopic (exact) mass is 244 g/mol. The number of aromatic amines is 1. The van der Waals surface area contributed by atoms with Gasteiger partial charge in [0, 0.05) is 7.05 Å². The lowest BCUT2D eigenvalue weighted by Crippen LogP contribution is -2.11. The van der Waals surface area contributed by atoms with Crippen molar-refractivity contribution in [2.24, 2.45) is 16.1 Å².